The molecule has 6 heteroatoms. The maximum Gasteiger partial charge on any atom is 0.264 e. The van der Waals surface area contributed by atoms with E-state index in [1.807, 2.05) is 25.1 Å². The van der Waals surface area contributed by atoms with E-state index in [9.17, 15) is 14.0 Å². The Balaban J connectivity index is 2.51. The number of benzene rings is 2. The average molecular weight is 369 g/mol. The summed E-state index contributed by atoms with van der Waals surface area (Å²) < 4.78 is 13.7. The molecule has 0 aliphatic carbocycles. The molecule has 0 fully saturated rings. The number of halogens is 1. The second-order valence-corrected chi connectivity index (χ2v) is 6.45. The number of hydrogen-bond donors (Lipinski definition) is 1. The number of anilines is 1. The lowest BCUT2D eigenvalue weighted by Crippen LogP contribution is -2.39. The van der Waals surface area contributed by atoms with Crippen LogP contribution in [0.15, 0.2) is 60.2 Å². The first-order valence-corrected chi connectivity index (χ1v) is 8.59. The van der Waals surface area contributed by atoms with E-state index in [-0.39, 0.29) is 17.8 Å². The topological polar surface area (TPSA) is 66.6 Å². The fourth-order valence-corrected chi connectivity index (χ4v) is 2.64. The van der Waals surface area contributed by atoms with Crippen molar-refractivity contribution in [1.29, 1.82) is 0 Å². The lowest BCUT2D eigenvalue weighted by atomic mass is 10.0. The number of hydrogen-bond acceptors (Lipinski definition) is 4. The van der Waals surface area contributed by atoms with Crippen molar-refractivity contribution in [2.45, 2.75) is 6.92 Å². The largest absolute Gasteiger partial charge is 0.397 e. The van der Waals surface area contributed by atoms with Crippen LogP contribution in [-0.4, -0.2) is 43.8 Å². The Morgan fingerprint density at radius 1 is 1.00 bits per heavy atom. The summed E-state index contributed by atoms with van der Waals surface area (Å²) in [6.07, 6.45) is 0. The van der Waals surface area contributed by atoms with Gasteiger partial charge in [0.1, 0.15) is 11.4 Å². The monoisotopic (exact) mass is 369 g/mol. The molecular formula is C21H24FN3O2. The van der Waals surface area contributed by atoms with E-state index in [0.717, 1.165) is 0 Å². The molecule has 1 amide bonds. The van der Waals surface area contributed by atoms with Crippen LogP contribution in [0.2, 0.25) is 0 Å². The lowest BCUT2D eigenvalue weighted by molar-refractivity contribution is -0.120. The lowest BCUT2D eigenvalue weighted by Gasteiger charge is -2.26. The Hall–Kier alpha value is -2.99. The second kappa shape index (κ2) is 9.09. The van der Waals surface area contributed by atoms with Gasteiger partial charge in [0.25, 0.3) is 5.91 Å². The summed E-state index contributed by atoms with van der Waals surface area (Å²) in [6, 6.07) is 14.6. The molecule has 0 saturated heterocycles. The average Bonchev–Trinajstić information content (AvgIpc) is 2.62. The van der Waals surface area contributed by atoms with Crippen LogP contribution in [0, 0.1) is 5.82 Å². The van der Waals surface area contributed by atoms with Crippen LogP contribution < -0.4 is 10.6 Å². The minimum Gasteiger partial charge on any atom is -0.397 e. The third kappa shape index (κ3) is 5.24. The van der Waals surface area contributed by atoms with Gasteiger partial charge in [-0.3, -0.25) is 9.59 Å². The maximum absolute atomic E-state index is 13.7. The van der Waals surface area contributed by atoms with E-state index in [4.69, 9.17) is 5.73 Å². The van der Waals surface area contributed by atoms with Crippen molar-refractivity contribution in [2.24, 2.45) is 5.73 Å². The van der Waals surface area contributed by atoms with Crippen LogP contribution in [0.4, 0.5) is 10.1 Å². The van der Waals surface area contributed by atoms with Crippen molar-refractivity contribution >= 4 is 23.1 Å². The van der Waals surface area contributed by atoms with Gasteiger partial charge in [0.2, 0.25) is 0 Å². The summed E-state index contributed by atoms with van der Waals surface area (Å²) in [5, 5.41) is 0. The predicted molar refractivity (Wildman–Crippen MR) is 106 cm³/mol. The third-order valence-corrected chi connectivity index (χ3v) is 4.06. The molecule has 0 aromatic heterocycles. The number of carbonyl (C=O) groups is 2. The molecule has 27 heavy (non-hydrogen) atoms. The molecule has 0 saturated carbocycles. The van der Waals surface area contributed by atoms with E-state index in [2.05, 4.69) is 0 Å². The molecule has 5 nitrogen and oxygen atoms in total. The highest BCUT2D eigenvalue weighted by Crippen LogP contribution is 2.22. The summed E-state index contributed by atoms with van der Waals surface area (Å²) in [5.41, 5.74) is 7.14. The highest BCUT2D eigenvalue weighted by molar-refractivity contribution is 6.27. The molecule has 2 rings (SSSR count). The summed E-state index contributed by atoms with van der Waals surface area (Å²) >= 11 is 0. The molecule has 142 valence electrons. The number of carbonyl (C=O) groups excluding carboxylic acids is 2. The summed E-state index contributed by atoms with van der Waals surface area (Å²) in [5.74, 6) is -1.44. The summed E-state index contributed by atoms with van der Waals surface area (Å²) in [7, 11) is 3.74. The van der Waals surface area contributed by atoms with E-state index in [0.29, 0.717) is 17.8 Å². The molecule has 0 spiro atoms. The summed E-state index contributed by atoms with van der Waals surface area (Å²) in [6.45, 7) is 2.13. The molecule has 2 N–H and O–H groups in total. The van der Waals surface area contributed by atoms with Crippen molar-refractivity contribution in [2.75, 3.05) is 32.1 Å². The quantitative estimate of drug-likeness (QED) is 0.463. The smallest absolute Gasteiger partial charge is 0.264 e. The van der Waals surface area contributed by atoms with Crippen LogP contribution in [0.1, 0.15) is 12.5 Å². The molecule has 2 aromatic carbocycles. The van der Waals surface area contributed by atoms with E-state index >= 15 is 0 Å². The Bertz CT molecular complexity index is 848. The Kier molecular flexibility index (Phi) is 6.85. The number of likely N-dealkylation sites (N-methyl/N-ethyl adjacent to an activating group) is 1. The first-order chi connectivity index (χ1) is 12.8. The molecule has 0 aliphatic rings. The summed E-state index contributed by atoms with van der Waals surface area (Å²) in [4.78, 5) is 28.8. The highest BCUT2D eigenvalue weighted by atomic mass is 19.1. The zero-order valence-electron chi connectivity index (χ0n) is 15.8. The molecule has 0 heterocycles. The van der Waals surface area contributed by atoms with Gasteiger partial charge in [-0.25, -0.2) is 4.39 Å². The van der Waals surface area contributed by atoms with Crippen LogP contribution >= 0.6 is 0 Å². The van der Waals surface area contributed by atoms with Gasteiger partial charge in [0.05, 0.1) is 5.70 Å². The van der Waals surface area contributed by atoms with Gasteiger partial charge in [-0.1, -0.05) is 36.4 Å². The molecule has 2 aromatic rings. The fourth-order valence-electron chi connectivity index (χ4n) is 2.64. The Morgan fingerprint density at radius 3 is 2.22 bits per heavy atom. The number of nitrogens with zero attached hydrogens (tertiary/aromatic N) is 2. The van der Waals surface area contributed by atoms with E-state index < -0.39 is 17.5 Å². The Morgan fingerprint density at radius 2 is 1.67 bits per heavy atom. The fraction of sp³-hybridized carbons (Fsp3) is 0.238. The molecule has 0 bridgehead atoms. The predicted octanol–water partition coefficient (Wildman–Crippen LogP) is 2.68. The Labute approximate surface area is 158 Å². The van der Waals surface area contributed by atoms with Crippen molar-refractivity contribution in [3.8, 4) is 0 Å². The minimum absolute atomic E-state index is 0.107. The number of Topliss-reactive ketones (excluding diaryl/α,β-unsaturated/α-hetero) is 1. The number of nitrogens with two attached hydrogens (primary N) is 1. The molecular weight excluding hydrogens is 345 g/mol. The second-order valence-electron chi connectivity index (χ2n) is 6.45. The van der Waals surface area contributed by atoms with Crippen molar-refractivity contribution in [3.05, 3.63) is 71.6 Å². The van der Waals surface area contributed by atoms with E-state index in [1.54, 1.807) is 30.3 Å². The first-order valence-electron chi connectivity index (χ1n) is 8.59. The maximum atomic E-state index is 13.7. The molecule has 0 aliphatic heterocycles. The van der Waals surface area contributed by atoms with Gasteiger partial charge in [-0.05, 0) is 44.8 Å². The SMILES string of the molecule is CC(=O)/C(C(=O)N(CCN(C)C)c1cccc(F)c1)=C(/N)c1ccccc1. The van der Waals surface area contributed by atoms with Gasteiger partial charge in [-0.2, -0.15) is 0 Å². The van der Waals surface area contributed by atoms with Crippen molar-refractivity contribution in [3.63, 3.8) is 0 Å². The molecule has 0 radical (unpaired) electrons. The van der Waals surface area contributed by atoms with Gasteiger partial charge >= 0.3 is 0 Å². The van der Waals surface area contributed by atoms with Crippen LogP contribution in [0.25, 0.3) is 5.70 Å². The number of amides is 1. The van der Waals surface area contributed by atoms with Gasteiger partial charge in [0, 0.05) is 18.8 Å². The van der Waals surface area contributed by atoms with Gasteiger partial charge in [0.15, 0.2) is 5.78 Å². The first kappa shape index (κ1) is 20.3. The van der Waals surface area contributed by atoms with E-state index in [1.165, 1.54) is 30.0 Å². The zero-order valence-corrected chi connectivity index (χ0v) is 15.8. The van der Waals surface area contributed by atoms with Crippen molar-refractivity contribution in [1.82, 2.24) is 4.90 Å². The van der Waals surface area contributed by atoms with Crippen LogP contribution in [-0.2, 0) is 9.59 Å². The van der Waals surface area contributed by atoms with Crippen LogP contribution in [0.5, 0.6) is 0 Å². The third-order valence-electron chi connectivity index (χ3n) is 4.06. The molecule has 0 atom stereocenters. The zero-order chi connectivity index (χ0) is 20.0. The van der Waals surface area contributed by atoms with Crippen LogP contribution in [0.3, 0.4) is 0 Å². The standard InChI is InChI=1S/C21H24FN3O2/c1-15(26)19(20(23)16-8-5-4-6-9-16)21(27)25(13-12-24(2)3)18-11-7-10-17(22)14-18/h4-11,14H,12-13,23H2,1-3H3/b20-19-. The van der Waals surface area contributed by atoms with Crippen molar-refractivity contribution < 1.29 is 14.0 Å². The normalized spacial score (nSPS) is 11.9. The number of rotatable bonds is 7. The van der Waals surface area contributed by atoms with Gasteiger partial charge < -0.3 is 15.5 Å². The minimum atomic E-state index is -0.545. The molecule has 0 unspecified atom stereocenters. The number of ketones is 1. The van der Waals surface area contributed by atoms with Gasteiger partial charge in [-0.15, -0.1) is 0 Å². The highest BCUT2D eigenvalue weighted by Gasteiger charge is 2.26.